The average molecular weight is 406 g/mol. The summed E-state index contributed by atoms with van der Waals surface area (Å²) < 4.78 is 0. The van der Waals surface area contributed by atoms with E-state index in [1.165, 1.54) is 27.8 Å². The minimum absolute atomic E-state index is 0.527. The fourth-order valence-corrected chi connectivity index (χ4v) is 4.07. The first kappa shape index (κ1) is 21.1. The van der Waals surface area contributed by atoms with Gasteiger partial charge >= 0.3 is 0 Å². The molecule has 0 radical (unpaired) electrons. The lowest BCUT2D eigenvalue weighted by atomic mass is 9.95. The summed E-state index contributed by atoms with van der Waals surface area (Å²) >= 11 is 0. The van der Waals surface area contributed by atoms with Crippen molar-refractivity contribution in [1.82, 2.24) is 4.90 Å². The van der Waals surface area contributed by atoms with Crippen LogP contribution in [0.2, 0.25) is 0 Å². The van der Waals surface area contributed by atoms with Crippen LogP contribution in [0.1, 0.15) is 36.0 Å². The topological polar surface area (TPSA) is 3.24 Å². The molecule has 31 heavy (non-hydrogen) atoms. The van der Waals surface area contributed by atoms with Crippen molar-refractivity contribution >= 4 is 0 Å². The lowest BCUT2D eigenvalue weighted by molar-refractivity contribution is 0.247. The molecular formula is C30H31N. The molecule has 0 amide bonds. The molecule has 0 aromatic heterocycles. The molecule has 0 spiro atoms. The van der Waals surface area contributed by atoms with Crippen molar-refractivity contribution in [2.45, 2.75) is 32.4 Å². The van der Waals surface area contributed by atoms with E-state index in [-0.39, 0.29) is 0 Å². The number of hydrogen-bond donors (Lipinski definition) is 0. The SMILES string of the molecule is CC(CCN(Cc1ccccc1)Cc1ccccc1)c1ccc(-c2ccccc2)cc1. The lowest BCUT2D eigenvalue weighted by Crippen LogP contribution is -2.25. The number of benzene rings is 4. The third-order valence-corrected chi connectivity index (χ3v) is 5.96. The van der Waals surface area contributed by atoms with Crippen molar-refractivity contribution in [3.05, 3.63) is 132 Å². The number of rotatable bonds is 9. The van der Waals surface area contributed by atoms with Crippen LogP contribution in [-0.2, 0) is 13.1 Å². The summed E-state index contributed by atoms with van der Waals surface area (Å²) in [7, 11) is 0. The van der Waals surface area contributed by atoms with Crippen molar-refractivity contribution in [3.8, 4) is 11.1 Å². The summed E-state index contributed by atoms with van der Waals surface area (Å²) in [6.07, 6.45) is 1.14. The molecule has 0 aliphatic rings. The van der Waals surface area contributed by atoms with Crippen LogP contribution in [-0.4, -0.2) is 11.4 Å². The predicted molar refractivity (Wildman–Crippen MR) is 132 cm³/mol. The highest BCUT2D eigenvalue weighted by atomic mass is 15.1. The van der Waals surface area contributed by atoms with Gasteiger partial charge in [-0.15, -0.1) is 0 Å². The van der Waals surface area contributed by atoms with E-state index < -0.39 is 0 Å². The molecular weight excluding hydrogens is 374 g/mol. The van der Waals surface area contributed by atoms with E-state index in [1.807, 2.05) is 0 Å². The van der Waals surface area contributed by atoms with Crippen molar-refractivity contribution in [3.63, 3.8) is 0 Å². The highest BCUT2D eigenvalue weighted by Crippen LogP contribution is 2.25. The van der Waals surface area contributed by atoms with Gasteiger partial charge < -0.3 is 0 Å². The summed E-state index contributed by atoms with van der Waals surface area (Å²) in [5.41, 5.74) is 6.72. The van der Waals surface area contributed by atoms with Gasteiger partial charge in [-0.25, -0.2) is 0 Å². The average Bonchev–Trinajstić information content (AvgIpc) is 2.84. The third-order valence-electron chi connectivity index (χ3n) is 5.96. The molecule has 0 saturated heterocycles. The molecule has 0 fully saturated rings. The Morgan fingerprint density at radius 1 is 0.548 bits per heavy atom. The predicted octanol–water partition coefficient (Wildman–Crippen LogP) is 7.55. The Bertz CT molecular complexity index is 983. The van der Waals surface area contributed by atoms with Crippen molar-refractivity contribution < 1.29 is 0 Å². The van der Waals surface area contributed by atoms with Gasteiger partial charge in [0.1, 0.15) is 0 Å². The van der Waals surface area contributed by atoms with Gasteiger partial charge in [-0.05, 0) is 46.7 Å². The fourth-order valence-electron chi connectivity index (χ4n) is 4.07. The molecule has 1 atom stereocenters. The summed E-state index contributed by atoms with van der Waals surface area (Å²) in [5, 5.41) is 0. The second-order valence-corrected chi connectivity index (χ2v) is 8.36. The molecule has 1 unspecified atom stereocenters. The molecule has 4 aromatic carbocycles. The highest BCUT2D eigenvalue weighted by Gasteiger charge is 2.12. The zero-order valence-corrected chi connectivity index (χ0v) is 18.3. The fraction of sp³-hybridized carbons (Fsp3) is 0.200. The van der Waals surface area contributed by atoms with E-state index in [4.69, 9.17) is 0 Å². The highest BCUT2D eigenvalue weighted by molar-refractivity contribution is 5.63. The van der Waals surface area contributed by atoms with Crippen LogP contribution < -0.4 is 0 Å². The Morgan fingerprint density at radius 2 is 1.00 bits per heavy atom. The van der Waals surface area contributed by atoms with E-state index in [2.05, 4.69) is 127 Å². The molecule has 0 heterocycles. The van der Waals surface area contributed by atoms with E-state index in [9.17, 15) is 0 Å². The minimum atomic E-state index is 0.527. The van der Waals surface area contributed by atoms with Gasteiger partial charge in [-0.3, -0.25) is 4.90 Å². The molecule has 0 aliphatic heterocycles. The van der Waals surface area contributed by atoms with Crippen LogP contribution in [0.15, 0.2) is 115 Å². The summed E-state index contributed by atoms with van der Waals surface area (Å²) in [6.45, 7) is 5.39. The maximum absolute atomic E-state index is 2.57. The Labute approximate surface area is 187 Å². The molecule has 1 nitrogen and oxygen atoms in total. The van der Waals surface area contributed by atoms with Crippen LogP contribution in [0, 0.1) is 0 Å². The zero-order chi connectivity index (χ0) is 21.3. The molecule has 0 bridgehead atoms. The van der Waals surface area contributed by atoms with Crippen molar-refractivity contribution in [2.24, 2.45) is 0 Å². The summed E-state index contributed by atoms with van der Waals surface area (Å²) in [5.74, 6) is 0.527. The van der Waals surface area contributed by atoms with Gasteiger partial charge in [-0.1, -0.05) is 122 Å². The molecule has 4 aromatic rings. The van der Waals surface area contributed by atoms with Crippen LogP contribution in [0.4, 0.5) is 0 Å². The van der Waals surface area contributed by atoms with Crippen molar-refractivity contribution in [1.29, 1.82) is 0 Å². The minimum Gasteiger partial charge on any atom is -0.295 e. The Balaban J connectivity index is 1.40. The van der Waals surface area contributed by atoms with E-state index in [0.717, 1.165) is 26.1 Å². The first-order valence-corrected chi connectivity index (χ1v) is 11.2. The third kappa shape index (κ3) is 6.16. The quantitative estimate of drug-likeness (QED) is 0.278. The van der Waals surface area contributed by atoms with Crippen LogP contribution >= 0.6 is 0 Å². The first-order chi connectivity index (χ1) is 15.3. The second-order valence-electron chi connectivity index (χ2n) is 8.36. The summed E-state index contributed by atoms with van der Waals surface area (Å²) in [6, 6.07) is 41.3. The van der Waals surface area contributed by atoms with Crippen LogP contribution in [0.5, 0.6) is 0 Å². The molecule has 4 rings (SSSR count). The Hall–Kier alpha value is -3.16. The molecule has 0 N–H and O–H groups in total. The van der Waals surface area contributed by atoms with Gasteiger partial charge in [0.15, 0.2) is 0 Å². The van der Waals surface area contributed by atoms with E-state index >= 15 is 0 Å². The van der Waals surface area contributed by atoms with Crippen LogP contribution in [0.3, 0.4) is 0 Å². The lowest BCUT2D eigenvalue weighted by Gasteiger charge is -2.24. The van der Waals surface area contributed by atoms with E-state index in [0.29, 0.717) is 5.92 Å². The maximum Gasteiger partial charge on any atom is 0.0237 e. The van der Waals surface area contributed by atoms with Gasteiger partial charge in [-0.2, -0.15) is 0 Å². The van der Waals surface area contributed by atoms with Crippen molar-refractivity contribution in [2.75, 3.05) is 6.54 Å². The standard InChI is InChI=1S/C30H31N/c1-25(28-17-19-30(20-18-28)29-15-9-4-10-16-29)21-22-31(23-26-11-5-2-6-12-26)24-27-13-7-3-8-14-27/h2-20,25H,21-24H2,1H3. The van der Waals surface area contributed by atoms with Gasteiger partial charge in [0, 0.05) is 13.1 Å². The first-order valence-electron chi connectivity index (χ1n) is 11.2. The molecule has 0 aliphatic carbocycles. The van der Waals surface area contributed by atoms with Gasteiger partial charge in [0.2, 0.25) is 0 Å². The monoisotopic (exact) mass is 405 g/mol. The molecule has 0 saturated carbocycles. The number of nitrogens with zero attached hydrogens (tertiary/aromatic N) is 1. The molecule has 1 heteroatoms. The number of hydrogen-bond acceptors (Lipinski definition) is 1. The van der Waals surface area contributed by atoms with Crippen LogP contribution in [0.25, 0.3) is 11.1 Å². The van der Waals surface area contributed by atoms with Gasteiger partial charge in [0.05, 0.1) is 0 Å². The van der Waals surface area contributed by atoms with Gasteiger partial charge in [0.25, 0.3) is 0 Å². The molecule has 156 valence electrons. The normalized spacial score (nSPS) is 12.1. The second kappa shape index (κ2) is 10.7. The smallest absolute Gasteiger partial charge is 0.0237 e. The Morgan fingerprint density at radius 3 is 1.52 bits per heavy atom. The maximum atomic E-state index is 2.57. The van der Waals surface area contributed by atoms with E-state index in [1.54, 1.807) is 0 Å². The summed E-state index contributed by atoms with van der Waals surface area (Å²) in [4.78, 5) is 2.57. The largest absolute Gasteiger partial charge is 0.295 e. The zero-order valence-electron chi connectivity index (χ0n) is 18.3. The Kier molecular flexibility index (Phi) is 7.31.